The van der Waals surface area contributed by atoms with Crippen LogP contribution in [0, 0.1) is 0 Å². The van der Waals surface area contributed by atoms with Gasteiger partial charge in [-0.1, -0.05) is 24.3 Å². The van der Waals surface area contributed by atoms with Crippen LogP contribution >= 0.6 is 0 Å². The van der Waals surface area contributed by atoms with Gasteiger partial charge in [-0.15, -0.1) is 0 Å². The maximum atomic E-state index is 12.5. The fraction of sp³-hybridized carbons (Fsp3) is 0.261. The average molecular weight is 905 g/mol. The maximum Gasteiger partial charge on any atom is 0.407 e. The molecular weight excluding hydrogens is 857 g/mol. The summed E-state index contributed by atoms with van der Waals surface area (Å²) in [6.07, 6.45) is 5.86. The van der Waals surface area contributed by atoms with Crippen LogP contribution in [0.2, 0.25) is 0 Å². The molecule has 2 atom stereocenters. The van der Waals surface area contributed by atoms with E-state index in [-0.39, 0.29) is 25.3 Å². The third kappa shape index (κ3) is 13.5. The van der Waals surface area contributed by atoms with Crippen molar-refractivity contribution in [1.29, 1.82) is 0 Å². The number of alkyl carbamates (subject to hydrolysis) is 2. The van der Waals surface area contributed by atoms with Crippen molar-refractivity contribution in [1.82, 2.24) is 20.6 Å². The zero-order valence-corrected chi connectivity index (χ0v) is 36.0. The Morgan fingerprint density at radius 3 is 1.36 bits per heavy atom. The minimum Gasteiger partial charge on any atom is -0.496 e. The number of carbonyl (C=O) groups excluding carboxylic acids is 4. The number of ether oxygens (including phenoxy) is 6. The van der Waals surface area contributed by atoms with Gasteiger partial charge in [0.05, 0.1) is 64.2 Å². The molecule has 2 fully saturated rings. The summed E-state index contributed by atoms with van der Waals surface area (Å²) >= 11 is 0. The smallest absolute Gasteiger partial charge is 0.407 e. The van der Waals surface area contributed by atoms with Crippen LogP contribution in [-0.4, -0.2) is 87.1 Å². The van der Waals surface area contributed by atoms with E-state index in [1.165, 1.54) is 27.0 Å². The molecule has 0 spiro atoms. The molecule has 0 saturated carbocycles. The van der Waals surface area contributed by atoms with Crippen LogP contribution in [0.25, 0.3) is 22.6 Å². The van der Waals surface area contributed by atoms with Crippen molar-refractivity contribution in [3.8, 4) is 34.1 Å². The Labute approximate surface area is 378 Å². The molecule has 2 aromatic heterocycles. The van der Waals surface area contributed by atoms with Crippen LogP contribution in [-0.2, 0) is 32.0 Å². The molecule has 6 aromatic rings. The van der Waals surface area contributed by atoms with E-state index in [9.17, 15) is 19.2 Å². The van der Waals surface area contributed by atoms with Crippen molar-refractivity contribution in [2.45, 2.75) is 38.1 Å². The van der Waals surface area contributed by atoms with Gasteiger partial charge in [0.2, 0.25) is 0 Å². The molecule has 344 valence electrons. The van der Waals surface area contributed by atoms with E-state index >= 15 is 0 Å². The Balaban J connectivity index is 0.000000196. The topological polar surface area (TPSA) is 248 Å². The Hall–Kier alpha value is -8.10. The second-order valence-electron chi connectivity index (χ2n) is 14.6. The number of oxazole rings is 2. The van der Waals surface area contributed by atoms with Crippen LogP contribution in [0.5, 0.6) is 11.5 Å². The molecule has 0 unspecified atom stereocenters. The number of hydrogen-bond donors (Lipinski definition) is 6. The summed E-state index contributed by atoms with van der Waals surface area (Å²) < 4.78 is 42.3. The molecule has 6 N–H and O–H groups in total. The molecular formula is C46H48N8O12. The number of nitrogens with zero attached hydrogens (tertiary/aromatic N) is 2. The van der Waals surface area contributed by atoms with Gasteiger partial charge in [0, 0.05) is 60.8 Å². The number of nitrogens with one attached hydrogen (secondary N) is 6. The van der Waals surface area contributed by atoms with Crippen LogP contribution in [0.1, 0.15) is 24.0 Å². The van der Waals surface area contributed by atoms with Gasteiger partial charge in [-0.05, 0) is 59.7 Å². The Morgan fingerprint density at radius 1 is 0.576 bits per heavy atom. The molecule has 20 nitrogen and oxygen atoms in total. The summed E-state index contributed by atoms with van der Waals surface area (Å²) in [6.45, 7) is 2.60. The first kappa shape index (κ1) is 45.9. The van der Waals surface area contributed by atoms with E-state index in [4.69, 9.17) is 37.3 Å². The highest BCUT2D eigenvalue weighted by atomic mass is 16.6. The van der Waals surface area contributed by atoms with Crippen molar-refractivity contribution in [3.05, 3.63) is 121 Å². The lowest BCUT2D eigenvalue weighted by molar-refractivity contribution is 0.0824. The average Bonchev–Trinajstić information content (AvgIpc) is 4.19. The second kappa shape index (κ2) is 23.0. The minimum absolute atomic E-state index is 0.204. The Morgan fingerprint density at radius 2 is 1.00 bits per heavy atom. The lowest BCUT2D eigenvalue weighted by Crippen LogP contribution is -2.28. The first-order chi connectivity index (χ1) is 32.2. The highest BCUT2D eigenvalue weighted by Gasteiger charge is 2.21. The fourth-order valence-corrected chi connectivity index (χ4v) is 6.69. The van der Waals surface area contributed by atoms with Gasteiger partial charge in [-0.25, -0.2) is 29.1 Å². The van der Waals surface area contributed by atoms with Crippen LogP contribution in [0.3, 0.4) is 0 Å². The van der Waals surface area contributed by atoms with Gasteiger partial charge >= 0.3 is 24.2 Å². The molecule has 4 aromatic carbocycles. The number of benzene rings is 4. The molecule has 6 amide bonds. The summed E-state index contributed by atoms with van der Waals surface area (Å²) in [5, 5.41) is 16.5. The van der Waals surface area contributed by atoms with Gasteiger partial charge in [0.1, 0.15) is 23.7 Å². The molecule has 20 heteroatoms. The van der Waals surface area contributed by atoms with E-state index < -0.39 is 24.2 Å². The molecule has 0 bridgehead atoms. The third-order valence-electron chi connectivity index (χ3n) is 9.88. The summed E-state index contributed by atoms with van der Waals surface area (Å²) in [6, 6.07) is 23.9. The van der Waals surface area contributed by atoms with Crippen molar-refractivity contribution in [2.24, 2.45) is 0 Å². The Bertz CT molecular complexity index is 2370. The van der Waals surface area contributed by atoms with Gasteiger partial charge in [0.25, 0.3) is 0 Å². The number of urea groups is 2. The maximum absolute atomic E-state index is 12.5. The first-order valence-corrected chi connectivity index (χ1v) is 20.7. The van der Waals surface area contributed by atoms with Crippen molar-refractivity contribution < 1.29 is 56.4 Å². The summed E-state index contributed by atoms with van der Waals surface area (Å²) in [5.74, 6) is 2.20. The van der Waals surface area contributed by atoms with Gasteiger partial charge < -0.3 is 69.2 Å². The Kier molecular flexibility index (Phi) is 16.0. The number of hydrogen-bond acceptors (Lipinski definition) is 14. The highest BCUT2D eigenvalue weighted by molar-refractivity contribution is 6.01. The predicted molar refractivity (Wildman–Crippen MR) is 240 cm³/mol. The van der Waals surface area contributed by atoms with E-state index in [1.807, 2.05) is 12.1 Å². The zero-order valence-electron chi connectivity index (χ0n) is 36.0. The van der Waals surface area contributed by atoms with Gasteiger partial charge in [-0.2, -0.15) is 0 Å². The summed E-state index contributed by atoms with van der Waals surface area (Å²) in [4.78, 5) is 56.6. The lowest BCUT2D eigenvalue weighted by atomic mass is 10.1. The molecule has 4 heterocycles. The zero-order chi connectivity index (χ0) is 46.1. The lowest BCUT2D eigenvalue weighted by Gasteiger charge is -2.13. The number of anilines is 4. The number of rotatable bonds is 14. The van der Waals surface area contributed by atoms with Crippen LogP contribution < -0.4 is 41.4 Å². The summed E-state index contributed by atoms with van der Waals surface area (Å²) in [5.41, 5.74) is 5.31. The minimum atomic E-state index is -0.496. The fourth-order valence-electron chi connectivity index (χ4n) is 6.69. The number of amides is 6. The van der Waals surface area contributed by atoms with Crippen molar-refractivity contribution >= 4 is 47.0 Å². The van der Waals surface area contributed by atoms with E-state index in [2.05, 4.69) is 41.9 Å². The molecule has 2 aliphatic heterocycles. The van der Waals surface area contributed by atoms with Crippen molar-refractivity contribution in [2.75, 3.05) is 61.9 Å². The molecule has 8 rings (SSSR count). The summed E-state index contributed by atoms with van der Waals surface area (Å²) in [7, 11) is 3.08. The SMILES string of the molecule is COc1cc(NC(=O)Nc2cccc(CNC(=O)O[C@H]3CCOC3)c2)ccc1-c1cnco1.COc1cc(NC(=O)Nc2cccc(CNC(=O)O[C@H]3CCOC3)c2)ccc1-c1cnco1. The highest BCUT2D eigenvalue weighted by Crippen LogP contribution is 2.33. The molecule has 2 saturated heterocycles. The van der Waals surface area contributed by atoms with Crippen LogP contribution in [0.4, 0.5) is 41.9 Å². The van der Waals surface area contributed by atoms with E-state index in [0.717, 1.165) is 22.3 Å². The number of aromatic nitrogens is 2. The standard InChI is InChI=1S/2C23H24N4O6/c2*1-30-20-10-17(5-6-19(20)21-12-24-14-32-21)27-22(28)26-16-4-2-3-15(9-16)11-25-23(29)33-18-7-8-31-13-18/h2*2-6,9-10,12,14,18H,7-8,11,13H2,1H3,(H,25,29)(H2,26,27,28)/t2*18-/m00/s1. The van der Waals surface area contributed by atoms with Crippen LogP contribution in [0.15, 0.2) is 119 Å². The molecule has 0 aliphatic carbocycles. The second-order valence-corrected chi connectivity index (χ2v) is 14.6. The third-order valence-corrected chi connectivity index (χ3v) is 9.88. The normalized spacial score (nSPS) is 15.0. The molecule has 66 heavy (non-hydrogen) atoms. The monoisotopic (exact) mass is 904 g/mol. The van der Waals surface area contributed by atoms with Gasteiger partial charge in [0.15, 0.2) is 24.3 Å². The van der Waals surface area contributed by atoms with E-state index in [1.54, 1.807) is 85.2 Å². The van der Waals surface area contributed by atoms with Crippen molar-refractivity contribution in [3.63, 3.8) is 0 Å². The number of methoxy groups -OCH3 is 2. The number of carbonyl (C=O) groups is 4. The van der Waals surface area contributed by atoms with Gasteiger partial charge in [-0.3, -0.25) is 0 Å². The van der Waals surface area contributed by atoms with E-state index in [0.29, 0.717) is 85.0 Å². The first-order valence-electron chi connectivity index (χ1n) is 20.7. The largest absolute Gasteiger partial charge is 0.496 e. The molecule has 0 radical (unpaired) electrons. The predicted octanol–water partition coefficient (Wildman–Crippen LogP) is 8.02. The molecule has 2 aliphatic rings. The quantitative estimate of drug-likeness (QED) is 0.0606.